The van der Waals surface area contributed by atoms with Crippen LogP contribution in [0, 0.1) is 16.1 Å². The summed E-state index contributed by atoms with van der Waals surface area (Å²) in [6.07, 6.45) is 3.88. The van der Waals surface area contributed by atoms with Crippen molar-refractivity contribution in [3.8, 4) is 17.3 Å². The molecule has 1 aliphatic heterocycles. The third-order valence-corrected chi connectivity index (χ3v) is 5.68. The summed E-state index contributed by atoms with van der Waals surface area (Å²) < 4.78 is 5.01. The van der Waals surface area contributed by atoms with Crippen LogP contribution in [0.5, 0.6) is 0 Å². The van der Waals surface area contributed by atoms with Gasteiger partial charge in [0.05, 0.1) is 17.9 Å². The van der Waals surface area contributed by atoms with E-state index in [1.807, 2.05) is 31.3 Å². The molecule has 1 aromatic carbocycles. The highest BCUT2D eigenvalue weighted by Gasteiger charge is 2.21. The van der Waals surface area contributed by atoms with E-state index >= 15 is 0 Å². The number of aromatic nitrogens is 3. The molecule has 1 aliphatic rings. The number of benzene rings is 1. The molecule has 0 N–H and O–H groups in total. The van der Waals surface area contributed by atoms with Gasteiger partial charge in [-0.15, -0.1) is 0 Å². The maximum atomic E-state index is 9.30. The van der Waals surface area contributed by atoms with Gasteiger partial charge in [-0.3, -0.25) is 4.90 Å². The lowest BCUT2D eigenvalue weighted by atomic mass is 10.2. The summed E-state index contributed by atoms with van der Waals surface area (Å²) in [5.41, 5.74) is 2.92. The fraction of sp³-hybridized carbons (Fsp3) is 0.286. The van der Waals surface area contributed by atoms with E-state index in [2.05, 4.69) is 48.3 Å². The molecule has 1 saturated heterocycles. The third kappa shape index (κ3) is 3.57. The number of pyridine rings is 1. The van der Waals surface area contributed by atoms with Crippen LogP contribution >= 0.6 is 12.2 Å². The summed E-state index contributed by atoms with van der Waals surface area (Å²) in [7, 11) is 2.02. The fourth-order valence-electron chi connectivity index (χ4n) is 3.62. The van der Waals surface area contributed by atoms with Crippen LogP contribution in [0.4, 0.5) is 5.82 Å². The Morgan fingerprint density at radius 1 is 1.07 bits per heavy atom. The molecule has 7 heteroatoms. The molecule has 0 atom stereocenters. The van der Waals surface area contributed by atoms with Gasteiger partial charge in [0.15, 0.2) is 4.77 Å². The van der Waals surface area contributed by atoms with Crippen molar-refractivity contribution in [1.29, 1.82) is 5.26 Å². The van der Waals surface area contributed by atoms with E-state index in [-0.39, 0.29) is 0 Å². The summed E-state index contributed by atoms with van der Waals surface area (Å²) in [6, 6.07) is 16.2. The molecule has 0 radical (unpaired) electrons. The van der Waals surface area contributed by atoms with Gasteiger partial charge in [-0.05, 0) is 29.9 Å². The molecule has 4 rings (SSSR count). The van der Waals surface area contributed by atoms with Crippen molar-refractivity contribution in [2.24, 2.45) is 7.05 Å². The highest BCUT2D eigenvalue weighted by Crippen LogP contribution is 2.21. The van der Waals surface area contributed by atoms with E-state index in [0.717, 1.165) is 49.1 Å². The Morgan fingerprint density at radius 2 is 1.82 bits per heavy atom. The van der Waals surface area contributed by atoms with E-state index < -0.39 is 0 Å². The monoisotopic (exact) mass is 390 g/mol. The number of piperazine rings is 1. The average Bonchev–Trinajstić information content (AvgIpc) is 3.03. The Bertz CT molecular complexity index is 1050. The first-order valence-corrected chi connectivity index (χ1v) is 9.72. The topological polar surface area (TPSA) is 53.0 Å². The predicted octanol–water partition coefficient (Wildman–Crippen LogP) is 3.27. The van der Waals surface area contributed by atoms with Gasteiger partial charge in [-0.2, -0.15) is 5.26 Å². The molecule has 3 aromatic rings. The lowest BCUT2D eigenvalue weighted by Crippen LogP contribution is -2.47. The quantitative estimate of drug-likeness (QED) is 0.640. The first-order chi connectivity index (χ1) is 13.7. The fourth-order valence-corrected chi connectivity index (χ4v) is 3.83. The lowest BCUT2D eigenvalue weighted by molar-refractivity contribution is 0.204. The second kappa shape index (κ2) is 7.97. The van der Waals surface area contributed by atoms with Crippen molar-refractivity contribution < 1.29 is 0 Å². The lowest BCUT2D eigenvalue weighted by Gasteiger charge is -2.35. The molecule has 1 fully saturated rings. The Labute approximate surface area is 169 Å². The minimum atomic E-state index is 0.633. The van der Waals surface area contributed by atoms with Crippen molar-refractivity contribution in [3.05, 3.63) is 65.2 Å². The van der Waals surface area contributed by atoms with Crippen LogP contribution in [-0.4, -0.2) is 45.2 Å². The van der Waals surface area contributed by atoms with Gasteiger partial charge in [-0.1, -0.05) is 30.3 Å². The molecule has 0 spiro atoms. The van der Waals surface area contributed by atoms with Crippen molar-refractivity contribution in [2.45, 2.75) is 6.67 Å². The second-order valence-electron chi connectivity index (χ2n) is 6.92. The number of imidazole rings is 1. The van der Waals surface area contributed by atoms with E-state index in [1.165, 1.54) is 5.56 Å². The summed E-state index contributed by atoms with van der Waals surface area (Å²) >= 11 is 5.66. The van der Waals surface area contributed by atoms with E-state index in [1.54, 1.807) is 12.3 Å². The van der Waals surface area contributed by atoms with E-state index in [9.17, 15) is 5.26 Å². The van der Waals surface area contributed by atoms with E-state index in [4.69, 9.17) is 12.2 Å². The van der Waals surface area contributed by atoms with Crippen LogP contribution < -0.4 is 4.90 Å². The van der Waals surface area contributed by atoms with Crippen molar-refractivity contribution in [2.75, 3.05) is 31.1 Å². The number of nitriles is 1. The molecule has 2 aromatic heterocycles. The number of rotatable bonds is 4. The van der Waals surface area contributed by atoms with Crippen LogP contribution in [0.3, 0.4) is 0 Å². The van der Waals surface area contributed by atoms with Crippen LogP contribution in [0.25, 0.3) is 11.3 Å². The molecule has 0 unspecified atom stereocenters. The Balaban J connectivity index is 1.46. The number of nitrogens with zero attached hydrogens (tertiary/aromatic N) is 6. The van der Waals surface area contributed by atoms with Crippen LogP contribution in [0.2, 0.25) is 0 Å². The van der Waals surface area contributed by atoms with Crippen LogP contribution in [-0.2, 0) is 13.7 Å². The average molecular weight is 391 g/mol. The van der Waals surface area contributed by atoms with Crippen LogP contribution in [0.1, 0.15) is 5.56 Å². The second-order valence-corrected chi connectivity index (χ2v) is 7.29. The highest BCUT2D eigenvalue weighted by molar-refractivity contribution is 7.71. The molecule has 3 heterocycles. The molecular formula is C21H22N6S. The molecule has 142 valence electrons. The van der Waals surface area contributed by atoms with Gasteiger partial charge >= 0.3 is 0 Å². The zero-order valence-corrected chi connectivity index (χ0v) is 16.6. The largest absolute Gasteiger partial charge is 0.353 e. The molecule has 28 heavy (non-hydrogen) atoms. The highest BCUT2D eigenvalue weighted by atomic mass is 32.1. The maximum absolute atomic E-state index is 9.30. The predicted molar refractivity (Wildman–Crippen MR) is 112 cm³/mol. The summed E-state index contributed by atoms with van der Waals surface area (Å²) in [6.45, 7) is 4.26. The Kier molecular flexibility index (Phi) is 5.24. The molecular weight excluding hydrogens is 368 g/mol. The zero-order chi connectivity index (χ0) is 19.5. The number of hydrogen-bond donors (Lipinski definition) is 0. The minimum Gasteiger partial charge on any atom is -0.353 e. The summed E-state index contributed by atoms with van der Waals surface area (Å²) in [4.78, 5) is 8.98. The standard InChI is InChI=1S/C21H22N6S/c1-24-19(17-6-3-2-4-7-17)15-27(21(24)28)16-25-10-12-26(13-11-25)20-18(14-22)8-5-9-23-20/h2-9,15H,10-13,16H2,1H3. The first kappa shape index (κ1) is 18.4. The maximum Gasteiger partial charge on any atom is 0.181 e. The Morgan fingerprint density at radius 3 is 2.54 bits per heavy atom. The van der Waals surface area contributed by atoms with Gasteiger partial charge in [0.1, 0.15) is 11.9 Å². The van der Waals surface area contributed by atoms with Crippen molar-refractivity contribution in [1.82, 2.24) is 19.0 Å². The van der Waals surface area contributed by atoms with Gasteiger partial charge in [0, 0.05) is 45.6 Å². The molecule has 6 nitrogen and oxygen atoms in total. The zero-order valence-electron chi connectivity index (χ0n) is 15.8. The van der Waals surface area contributed by atoms with Crippen molar-refractivity contribution in [3.63, 3.8) is 0 Å². The first-order valence-electron chi connectivity index (χ1n) is 9.31. The molecule has 0 amide bonds. The molecule has 0 bridgehead atoms. The van der Waals surface area contributed by atoms with Crippen molar-refractivity contribution >= 4 is 18.0 Å². The number of anilines is 1. The SMILES string of the molecule is Cn1c(-c2ccccc2)cn(CN2CCN(c3ncccc3C#N)CC2)c1=S. The number of hydrogen-bond acceptors (Lipinski definition) is 5. The third-order valence-electron chi connectivity index (χ3n) is 5.17. The summed E-state index contributed by atoms with van der Waals surface area (Å²) in [5.74, 6) is 0.785. The smallest absolute Gasteiger partial charge is 0.181 e. The minimum absolute atomic E-state index is 0.633. The molecule has 0 aliphatic carbocycles. The Hall–Kier alpha value is -2.95. The van der Waals surface area contributed by atoms with Crippen LogP contribution in [0.15, 0.2) is 54.9 Å². The van der Waals surface area contributed by atoms with Gasteiger partial charge < -0.3 is 14.0 Å². The van der Waals surface area contributed by atoms with E-state index in [0.29, 0.717) is 5.56 Å². The normalized spacial score (nSPS) is 14.8. The summed E-state index contributed by atoms with van der Waals surface area (Å²) in [5, 5.41) is 9.30. The van der Waals surface area contributed by atoms with Gasteiger partial charge in [0.25, 0.3) is 0 Å². The van der Waals surface area contributed by atoms with Gasteiger partial charge in [0.2, 0.25) is 0 Å². The molecule has 0 saturated carbocycles. The van der Waals surface area contributed by atoms with Gasteiger partial charge in [-0.25, -0.2) is 4.98 Å².